The number of aryl methyl sites for hydroxylation is 2. The Kier molecular flexibility index (Phi) is 6.25. The summed E-state index contributed by atoms with van der Waals surface area (Å²) in [6, 6.07) is 17.7. The highest BCUT2D eigenvalue weighted by atomic mass is 16.2. The standard InChI is InChI=1S/C29H24N6O/c1-19-28(31-15-14-30-19)29(36)33-20(2)27-25(22-8-5-4-6-9-22)16-24-23(10-7-11-26(24)34-27)13-12-21-17-32-35(3)18-21/h4-11,14-18,20H,1-3H3,(H,33,36). The smallest absolute Gasteiger partial charge is 0.272 e. The van der Waals surface area contributed by atoms with E-state index in [-0.39, 0.29) is 11.9 Å². The highest BCUT2D eigenvalue weighted by Gasteiger charge is 2.20. The molecule has 0 aliphatic carbocycles. The Labute approximate surface area is 209 Å². The van der Waals surface area contributed by atoms with Crippen molar-refractivity contribution >= 4 is 16.8 Å². The van der Waals surface area contributed by atoms with Gasteiger partial charge in [-0.3, -0.25) is 14.5 Å². The van der Waals surface area contributed by atoms with E-state index in [0.717, 1.165) is 38.9 Å². The van der Waals surface area contributed by atoms with E-state index in [9.17, 15) is 4.79 Å². The number of rotatable bonds is 4. The zero-order valence-electron chi connectivity index (χ0n) is 20.2. The van der Waals surface area contributed by atoms with Crippen LogP contribution in [0.15, 0.2) is 79.4 Å². The molecule has 0 saturated heterocycles. The number of nitrogens with one attached hydrogen (secondary N) is 1. The number of hydrogen-bond acceptors (Lipinski definition) is 5. The molecule has 1 amide bonds. The summed E-state index contributed by atoms with van der Waals surface area (Å²) in [5.74, 6) is 6.18. The van der Waals surface area contributed by atoms with Crippen molar-refractivity contribution in [1.29, 1.82) is 0 Å². The van der Waals surface area contributed by atoms with Crippen molar-refractivity contribution in [2.45, 2.75) is 19.9 Å². The quantitative estimate of drug-likeness (QED) is 0.386. The Bertz CT molecular complexity index is 1630. The average molecular weight is 473 g/mol. The van der Waals surface area contributed by atoms with Gasteiger partial charge in [-0.15, -0.1) is 0 Å². The molecule has 0 spiro atoms. The first kappa shape index (κ1) is 22.9. The summed E-state index contributed by atoms with van der Waals surface area (Å²) in [6.07, 6.45) is 6.72. The van der Waals surface area contributed by atoms with Crippen LogP contribution in [0.4, 0.5) is 0 Å². The summed E-state index contributed by atoms with van der Waals surface area (Å²) in [6.45, 7) is 3.70. The van der Waals surface area contributed by atoms with Crippen LogP contribution in [0.25, 0.3) is 22.0 Å². The molecule has 0 fully saturated rings. The van der Waals surface area contributed by atoms with Crippen molar-refractivity contribution in [1.82, 2.24) is 30.0 Å². The molecule has 1 N–H and O–H groups in total. The zero-order chi connectivity index (χ0) is 25.1. The van der Waals surface area contributed by atoms with Crippen molar-refractivity contribution in [3.63, 3.8) is 0 Å². The van der Waals surface area contributed by atoms with Crippen LogP contribution in [0.3, 0.4) is 0 Å². The molecular formula is C29H24N6O. The molecule has 5 aromatic rings. The number of amides is 1. The first-order valence-corrected chi connectivity index (χ1v) is 11.6. The van der Waals surface area contributed by atoms with Crippen LogP contribution in [-0.2, 0) is 7.05 Å². The van der Waals surface area contributed by atoms with Gasteiger partial charge in [0.15, 0.2) is 0 Å². The number of fused-ring (bicyclic) bond motifs is 1. The molecule has 7 nitrogen and oxygen atoms in total. The average Bonchev–Trinajstić information content (AvgIpc) is 3.32. The maximum Gasteiger partial charge on any atom is 0.272 e. The maximum absolute atomic E-state index is 13.0. The molecule has 0 aliphatic heterocycles. The van der Waals surface area contributed by atoms with Gasteiger partial charge in [-0.1, -0.05) is 48.2 Å². The van der Waals surface area contributed by atoms with Crippen LogP contribution >= 0.6 is 0 Å². The number of pyridine rings is 1. The van der Waals surface area contributed by atoms with Crippen LogP contribution in [0.2, 0.25) is 0 Å². The van der Waals surface area contributed by atoms with Crippen molar-refractivity contribution in [3.8, 4) is 23.0 Å². The number of hydrogen-bond donors (Lipinski definition) is 1. The lowest BCUT2D eigenvalue weighted by Gasteiger charge is -2.19. The molecule has 176 valence electrons. The van der Waals surface area contributed by atoms with E-state index in [4.69, 9.17) is 4.98 Å². The fourth-order valence-corrected chi connectivity index (χ4v) is 4.09. The second kappa shape index (κ2) is 9.80. The van der Waals surface area contributed by atoms with E-state index in [1.807, 2.05) is 68.7 Å². The lowest BCUT2D eigenvalue weighted by atomic mass is 9.96. The first-order valence-electron chi connectivity index (χ1n) is 11.6. The lowest BCUT2D eigenvalue weighted by molar-refractivity contribution is 0.0933. The van der Waals surface area contributed by atoms with Gasteiger partial charge in [0.25, 0.3) is 5.91 Å². The Hall–Kier alpha value is -4.83. The van der Waals surface area contributed by atoms with Gasteiger partial charge in [-0.05, 0) is 37.6 Å². The fourth-order valence-electron chi connectivity index (χ4n) is 4.09. The van der Waals surface area contributed by atoms with Gasteiger partial charge >= 0.3 is 0 Å². The molecule has 0 saturated carbocycles. The first-order chi connectivity index (χ1) is 17.5. The summed E-state index contributed by atoms with van der Waals surface area (Å²) >= 11 is 0. The van der Waals surface area contributed by atoms with Crippen LogP contribution < -0.4 is 5.32 Å². The molecule has 3 heterocycles. The third-order valence-corrected chi connectivity index (χ3v) is 5.87. The zero-order valence-corrected chi connectivity index (χ0v) is 20.2. The Balaban J connectivity index is 1.59. The molecule has 1 atom stereocenters. The van der Waals surface area contributed by atoms with Gasteiger partial charge < -0.3 is 5.32 Å². The normalized spacial score (nSPS) is 11.5. The monoisotopic (exact) mass is 472 g/mol. The molecular weight excluding hydrogens is 448 g/mol. The number of aromatic nitrogens is 5. The second-order valence-electron chi connectivity index (χ2n) is 8.50. The van der Waals surface area contributed by atoms with Gasteiger partial charge in [-0.2, -0.15) is 5.10 Å². The molecule has 3 aromatic heterocycles. The summed E-state index contributed by atoms with van der Waals surface area (Å²) < 4.78 is 1.73. The van der Waals surface area contributed by atoms with E-state index in [1.165, 1.54) is 6.20 Å². The lowest BCUT2D eigenvalue weighted by Crippen LogP contribution is -2.29. The second-order valence-corrected chi connectivity index (χ2v) is 8.50. The van der Waals surface area contributed by atoms with Crippen molar-refractivity contribution < 1.29 is 4.79 Å². The molecule has 0 bridgehead atoms. The predicted molar refractivity (Wildman–Crippen MR) is 139 cm³/mol. The molecule has 0 aliphatic rings. The highest BCUT2D eigenvalue weighted by Crippen LogP contribution is 2.31. The molecule has 2 aromatic carbocycles. The SMILES string of the molecule is Cc1nccnc1C(=O)NC(C)c1nc2cccc(C#Cc3cnn(C)c3)c2cc1-c1ccccc1. The Morgan fingerprint density at radius 1 is 1.03 bits per heavy atom. The van der Waals surface area contributed by atoms with Crippen LogP contribution in [0, 0.1) is 18.8 Å². The number of benzene rings is 2. The fraction of sp³-hybridized carbons (Fsp3) is 0.138. The van der Waals surface area contributed by atoms with Gasteiger partial charge in [0.05, 0.1) is 34.7 Å². The minimum absolute atomic E-state index is 0.287. The number of nitrogens with zero attached hydrogens (tertiary/aromatic N) is 5. The predicted octanol–water partition coefficient (Wildman–Crippen LogP) is 4.62. The number of carbonyl (C=O) groups is 1. The molecule has 1 unspecified atom stereocenters. The van der Waals surface area contributed by atoms with E-state index < -0.39 is 0 Å². The van der Waals surface area contributed by atoms with E-state index in [2.05, 4.69) is 38.3 Å². The maximum atomic E-state index is 13.0. The van der Waals surface area contributed by atoms with Gasteiger partial charge in [-0.25, -0.2) is 9.97 Å². The van der Waals surface area contributed by atoms with Crippen LogP contribution in [0.5, 0.6) is 0 Å². The minimum atomic E-state index is -0.372. The molecule has 36 heavy (non-hydrogen) atoms. The largest absolute Gasteiger partial charge is 0.343 e. The van der Waals surface area contributed by atoms with Gasteiger partial charge in [0, 0.05) is 42.2 Å². The van der Waals surface area contributed by atoms with Crippen LogP contribution in [0.1, 0.15) is 46.0 Å². The van der Waals surface area contributed by atoms with E-state index in [0.29, 0.717) is 11.4 Å². The number of carbonyl (C=O) groups excluding carboxylic acids is 1. The Morgan fingerprint density at radius 3 is 2.58 bits per heavy atom. The summed E-state index contributed by atoms with van der Waals surface area (Å²) in [5.41, 5.74) is 6.11. The van der Waals surface area contributed by atoms with E-state index >= 15 is 0 Å². The summed E-state index contributed by atoms with van der Waals surface area (Å²) in [5, 5.41) is 8.18. The van der Waals surface area contributed by atoms with Crippen molar-refractivity contribution in [2.24, 2.45) is 7.05 Å². The summed E-state index contributed by atoms with van der Waals surface area (Å²) in [7, 11) is 1.87. The van der Waals surface area contributed by atoms with Crippen LogP contribution in [-0.4, -0.2) is 30.6 Å². The molecule has 5 rings (SSSR count). The third kappa shape index (κ3) is 4.70. The van der Waals surface area contributed by atoms with Gasteiger partial charge in [0.2, 0.25) is 0 Å². The highest BCUT2D eigenvalue weighted by molar-refractivity contribution is 5.94. The van der Waals surface area contributed by atoms with Gasteiger partial charge in [0.1, 0.15) is 5.69 Å². The van der Waals surface area contributed by atoms with Crippen molar-refractivity contribution in [3.05, 3.63) is 108 Å². The summed E-state index contributed by atoms with van der Waals surface area (Å²) in [4.78, 5) is 26.4. The molecule has 0 radical (unpaired) electrons. The minimum Gasteiger partial charge on any atom is -0.343 e. The topological polar surface area (TPSA) is 85.6 Å². The van der Waals surface area contributed by atoms with E-state index in [1.54, 1.807) is 24.0 Å². The third-order valence-electron chi connectivity index (χ3n) is 5.87. The Morgan fingerprint density at radius 2 is 1.83 bits per heavy atom. The van der Waals surface area contributed by atoms with Crippen molar-refractivity contribution in [2.75, 3.05) is 0 Å². The molecule has 7 heteroatoms.